The zero-order valence-corrected chi connectivity index (χ0v) is 11.7. The van der Waals surface area contributed by atoms with Gasteiger partial charge in [0.15, 0.2) is 0 Å². The van der Waals surface area contributed by atoms with E-state index in [0.29, 0.717) is 12.4 Å². The van der Waals surface area contributed by atoms with Gasteiger partial charge in [-0.1, -0.05) is 12.1 Å². The van der Waals surface area contributed by atoms with Crippen molar-refractivity contribution in [1.82, 2.24) is 4.98 Å². The third kappa shape index (κ3) is 3.59. The molecule has 2 rings (SSSR count). The fraction of sp³-hybridized carbons (Fsp3) is 0.214. The Morgan fingerprint density at radius 2 is 1.86 bits per heavy atom. The molecule has 1 N–H and O–H groups in total. The molecule has 110 valence electrons. The highest BCUT2D eigenvalue weighted by Gasteiger charge is 2.16. The van der Waals surface area contributed by atoms with Crippen molar-refractivity contribution in [3.8, 4) is 11.6 Å². The molecule has 0 unspecified atom stereocenters. The molecule has 0 aliphatic carbocycles. The maximum atomic E-state index is 11.0. The summed E-state index contributed by atoms with van der Waals surface area (Å²) < 4.78 is 10.1. The first-order valence-electron chi connectivity index (χ1n) is 6.20. The molecular formula is C14H15N3O4. The van der Waals surface area contributed by atoms with E-state index in [1.54, 1.807) is 7.11 Å². The maximum absolute atomic E-state index is 11.0. The van der Waals surface area contributed by atoms with Gasteiger partial charge in [0.1, 0.15) is 5.75 Å². The first kappa shape index (κ1) is 14.6. The fourth-order valence-corrected chi connectivity index (χ4v) is 1.75. The summed E-state index contributed by atoms with van der Waals surface area (Å²) in [4.78, 5) is 14.6. The molecule has 7 nitrogen and oxygen atoms in total. The van der Waals surface area contributed by atoms with Crippen molar-refractivity contribution in [2.45, 2.75) is 6.54 Å². The predicted octanol–water partition coefficient (Wildman–Crippen LogP) is 2.62. The molecule has 0 amide bonds. The van der Waals surface area contributed by atoms with Crippen molar-refractivity contribution in [2.75, 3.05) is 19.5 Å². The molecule has 0 saturated carbocycles. The van der Waals surface area contributed by atoms with Gasteiger partial charge >= 0.3 is 5.69 Å². The van der Waals surface area contributed by atoms with Crippen LogP contribution in [0.4, 0.5) is 11.5 Å². The van der Waals surface area contributed by atoms with Crippen molar-refractivity contribution in [3.63, 3.8) is 0 Å². The Balaban J connectivity index is 2.15. The second kappa shape index (κ2) is 6.56. The number of aromatic nitrogens is 1. The second-order valence-corrected chi connectivity index (χ2v) is 4.18. The van der Waals surface area contributed by atoms with E-state index in [-0.39, 0.29) is 11.5 Å². The second-order valence-electron chi connectivity index (χ2n) is 4.18. The SMILES string of the molecule is COc1ccc(CNc2nc(OC)ccc2[N+](=O)[O-])cc1. The molecule has 0 aliphatic heterocycles. The molecule has 0 aliphatic rings. The minimum Gasteiger partial charge on any atom is -0.497 e. The van der Waals surface area contributed by atoms with Crippen LogP contribution in [0.2, 0.25) is 0 Å². The summed E-state index contributed by atoms with van der Waals surface area (Å²) in [5, 5.41) is 13.9. The molecule has 1 aromatic carbocycles. The van der Waals surface area contributed by atoms with Gasteiger partial charge in [-0.05, 0) is 17.7 Å². The monoisotopic (exact) mass is 289 g/mol. The lowest BCUT2D eigenvalue weighted by atomic mass is 10.2. The van der Waals surface area contributed by atoms with Crippen LogP contribution in [0.5, 0.6) is 11.6 Å². The quantitative estimate of drug-likeness (QED) is 0.649. The van der Waals surface area contributed by atoms with E-state index in [1.807, 2.05) is 24.3 Å². The molecule has 7 heteroatoms. The first-order chi connectivity index (χ1) is 10.1. The molecule has 0 spiro atoms. The lowest BCUT2D eigenvalue weighted by molar-refractivity contribution is -0.384. The summed E-state index contributed by atoms with van der Waals surface area (Å²) in [6, 6.07) is 10.2. The summed E-state index contributed by atoms with van der Waals surface area (Å²) in [6.07, 6.45) is 0. The van der Waals surface area contributed by atoms with Crippen LogP contribution in [0.1, 0.15) is 5.56 Å². The Hall–Kier alpha value is -2.83. The maximum Gasteiger partial charge on any atom is 0.311 e. The van der Waals surface area contributed by atoms with Crippen LogP contribution >= 0.6 is 0 Å². The molecular weight excluding hydrogens is 274 g/mol. The summed E-state index contributed by atoms with van der Waals surface area (Å²) in [5.41, 5.74) is 0.860. The number of nitrogens with one attached hydrogen (secondary N) is 1. The van der Waals surface area contributed by atoms with Gasteiger partial charge in [-0.2, -0.15) is 4.98 Å². The third-order valence-electron chi connectivity index (χ3n) is 2.87. The molecule has 1 heterocycles. The Morgan fingerprint density at radius 1 is 1.14 bits per heavy atom. The average molecular weight is 289 g/mol. The first-order valence-corrected chi connectivity index (χ1v) is 6.20. The van der Waals surface area contributed by atoms with Gasteiger partial charge in [0, 0.05) is 18.7 Å². The minimum atomic E-state index is -0.483. The Labute approximate surface area is 121 Å². The summed E-state index contributed by atoms with van der Waals surface area (Å²) in [7, 11) is 3.05. The number of pyridine rings is 1. The van der Waals surface area contributed by atoms with Crippen LogP contribution < -0.4 is 14.8 Å². The van der Waals surface area contributed by atoms with Crippen LogP contribution in [-0.2, 0) is 6.54 Å². The van der Waals surface area contributed by atoms with Crippen molar-refractivity contribution >= 4 is 11.5 Å². The molecule has 0 radical (unpaired) electrons. The van der Waals surface area contributed by atoms with E-state index in [9.17, 15) is 10.1 Å². The molecule has 0 atom stereocenters. The Morgan fingerprint density at radius 3 is 2.43 bits per heavy atom. The average Bonchev–Trinajstić information content (AvgIpc) is 2.52. The van der Waals surface area contributed by atoms with E-state index >= 15 is 0 Å². The van der Waals surface area contributed by atoms with Gasteiger partial charge in [0.2, 0.25) is 11.7 Å². The largest absolute Gasteiger partial charge is 0.497 e. The van der Waals surface area contributed by atoms with E-state index in [0.717, 1.165) is 11.3 Å². The summed E-state index contributed by atoms with van der Waals surface area (Å²) >= 11 is 0. The highest BCUT2D eigenvalue weighted by atomic mass is 16.6. The topological polar surface area (TPSA) is 86.5 Å². The van der Waals surface area contributed by atoms with Gasteiger partial charge in [-0.15, -0.1) is 0 Å². The van der Waals surface area contributed by atoms with Crippen molar-refractivity contribution < 1.29 is 14.4 Å². The number of methoxy groups -OCH3 is 2. The van der Waals surface area contributed by atoms with E-state index in [1.165, 1.54) is 19.2 Å². The summed E-state index contributed by atoms with van der Waals surface area (Å²) in [5.74, 6) is 1.25. The van der Waals surface area contributed by atoms with Crippen LogP contribution in [0, 0.1) is 10.1 Å². The van der Waals surface area contributed by atoms with Gasteiger partial charge in [-0.3, -0.25) is 10.1 Å². The fourth-order valence-electron chi connectivity index (χ4n) is 1.75. The normalized spacial score (nSPS) is 10.0. The number of anilines is 1. The predicted molar refractivity (Wildman–Crippen MR) is 77.8 cm³/mol. The molecule has 0 bridgehead atoms. The zero-order chi connectivity index (χ0) is 15.2. The lowest BCUT2D eigenvalue weighted by Crippen LogP contribution is -2.05. The van der Waals surface area contributed by atoms with Crippen molar-refractivity contribution in [2.24, 2.45) is 0 Å². The van der Waals surface area contributed by atoms with E-state index < -0.39 is 4.92 Å². The van der Waals surface area contributed by atoms with E-state index in [2.05, 4.69) is 10.3 Å². The Kier molecular flexibility index (Phi) is 4.55. The van der Waals surface area contributed by atoms with Crippen LogP contribution in [-0.4, -0.2) is 24.1 Å². The standard InChI is InChI=1S/C14H15N3O4/c1-20-11-5-3-10(4-6-11)9-15-14-12(17(18)19)7-8-13(16-14)21-2/h3-8H,9H2,1-2H3,(H,15,16). The van der Waals surface area contributed by atoms with Crippen LogP contribution in [0.25, 0.3) is 0 Å². The smallest absolute Gasteiger partial charge is 0.311 e. The molecule has 0 saturated heterocycles. The van der Waals surface area contributed by atoms with Gasteiger partial charge < -0.3 is 14.8 Å². The number of ether oxygens (including phenoxy) is 2. The minimum absolute atomic E-state index is 0.0932. The number of hydrogen-bond acceptors (Lipinski definition) is 6. The van der Waals surface area contributed by atoms with Crippen molar-refractivity contribution in [3.05, 3.63) is 52.1 Å². The number of benzene rings is 1. The third-order valence-corrected chi connectivity index (χ3v) is 2.87. The zero-order valence-electron chi connectivity index (χ0n) is 11.7. The number of rotatable bonds is 6. The Bertz CT molecular complexity index is 629. The number of hydrogen-bond donors (Lipinski definition) is 1. The van der Waals surface area contributed by atoms with E-state index in [4.69, 9.17) is 9.47 Å². The summed E-state index contributed by atoms with van der Waals surface area (Å²) in [6.45, 7) is 0.408. The lowest BCUT2D eigenvalue weighted by Gasteiger charge is -2.08. The van der Waals surface area contributed by atoms with Gasteiger partial charge in [0.05, 0.1) is 19.1 Å². The van der Waals surface area contributed by atoms with Gasteiger partial charge in [-0.25, -0.2) is 0 Å². The molecule has 1 aromatic heterocycles. The highest BCUT2D eigenvalue weighted by Crippen LogP contribution is 2.25. The molecule has 2 aromatic rings. The number of nitro groups is 1. The van der Waals surface area contributed by atoms with Crippen molar-refractivity contribution in [1.29, 1.82) is 0 Å². The number of nitrogens with zero attached hydrogens (tertiary/aromatic N) is 2. The molecule has 0 fully saturated rings. The van der Waals surface area contributed by atoms with Crippen LogP contribution in [0.15, 0.2) is 36.4 Å². The highest BCUT2D eigenvalue weighted by molar-refractivity contribution is 5.57. The van der Waals surface area contributed by atoms with Gasteiger partial charge in [0.25, 0.3) is 0 Å². The molecule has 21 heavy (non-hydrogen) atoms. The van der Waals surface area contributed by atoms with Crippen LogP contribution in [0.3, 0.4) is 0 Å².